The summed E-state index contributed by atoms with van der Waals surface area (Å²) in [4.78, 5) is 1.96. The predicted octanol–water partition coefficient (Wildman–Crippen LogP) is 2.32. The number of anilines is 1. The highest BCUT2D eigenvalue weighted by atomic mass is 35.5. The highest BCUT2D eigenvalue weighted by Gasteiger charge is 2.10. The van der Waals surface area contributed by atoms with Gasteiger partial charge < -0.3 is 10.6 Å². The Morgan fingerprint density at radius 1 is 1.53 bits per heavy atom. The molecule has 1 rings (SSSR count). The number of nitrogens with two attached hydrogens (primary N) is 1. The van der Waals surface area contributed by atoms with Crippen LogP contribution in [0.2, 0.25) is 5.02 Å². The third-order valence-corrected chi connectivity index (χ3v) is 2.54. The van der Waals surface area contributed by atoms with Crippen LogP contribution in [0.25, 0.3) is 0 Å². The van der Waals surface area contributed by atoms with Crippen molar-refractivity contribution in [3.63, 3.8) is 0 Å². The zero-order valence-electron chi connectivity index (χ0n) is 8.87. The summed E-state index contributed by atoms with van der Waals surface area (Å²) in [6, 6.07) is 7.40. The quantitative estimate of drug-likeness (QED) is 0.856. The summed E-state index contributed by atoms with van der Waals surface area (Å²) in [5.41, 5.74) is 7.66. The van der Waals surface area contributed by atoms with Crippen molar-refractivity contribution >= 4 is 17.3 Å². The number of benzene rings is 1. The minimum atomic E-state index is -0.307. The fourth-order valence-electron chi connectivity index (χ4n) is 1.30. The molecule has 0 fully saturated rings. The van der Waals surface area contributed by atoms with E-state index in [1.54, 1.807) is 0 Å². The summed E-state index contributed by atoms with van der Waals surface area (Å²) in [6.07, 6.45) is 0.279. The highest BCUT2D eigenvalue weighted by Crippen LogP contribution is 2.27. The van der Waals surface area contributed by atoms with Crippen molar-refractivity contribution in [3.05, 3.63) is 28.8 Å². The van der Waals surface area contributed by atoms with Gasteiger partial charge in [-0.15, -0.1) is 0 Å². The summed E-state index contributed by atoms with van der Waals surface area (Å²) in [5, 5.41) is 9.17. The number of halogens is 1. The van der Waals surface area contributed by atoms with E-state index in [0.29, 0.717) is 5.02 Å². The molecular weight excluding hydrogens is 210 g/mol. The zero-order valence-corrected chi connectivity index (χ0v) is 9.62. The maximum atomic E-state index is 8.55. The maximum absolute atomic E-state index is 8.55. The third kappa shape index (κ3) is 2.85. The number of hydrogen-bond acceptors (Lipinski definition) is 3. The molecule has 15 heavy (non-hydrogen) atoms. The van der Waals surface area contributed by atoms with E-state index in [2.05, 4.69) is 0 Å². The van der Waals surface area contributed by atoms with Crippen LogP contribution in [0.4, 0.5) is 5.69 Å². The maximum Gasteiger partial charge on any atom is 0.0641 e. The first-order valence-corrected chi connectivity index (χ1v) is 5.03. The van der Waals surface area contributed by atoms with Crippen LogP contribution < -0.4 is 10.6 Å². The van der Waals surface area contributed by atoms with Crippen LogP contribution in [-0.2, 0) is 0 Å². The molecule has 3 nitrogen and oxygen atoms in total. The predicted molar refractivity (Wildman–Crippen MR) is 62.9 cm³/mol. The number of hydrogen-bond donors (Lipinski definition) is 1. The van der Waals surface area contributed by atoms with E-state index < -0.39 is 0 Å². The van der Waals surface area contributed by atoms with Crippen LogP contribution in [0.5, 0.6) is 0 Å². The molecule has 0 bridgehead atoms. The van der Waals surface area contributed by atoms with E-state index in [-0.39, 0.29) is 12.5 Å². The first kappa shape index (κ1) is 11.8. The molecule has 0 aliphatic carbocycles. The van der Waals surface area contributed by atoms with Crippen molar-refractivity contribution in [3.8, 4) is 6.07 Å². The summed E-state index contributed by atoms with van der Waals surface area (Å²) in [7, 11) is 3.89. The van der Waals surface area contributed by atoms with E-state index in [4.69, 9.17) is 22.6 Å². The molecule has 2 N–H and O–H groups in total. The molecule has 4 heteroatoms. The van der Waals surface area contributed by atoms with Gasteiger partial charge in [0.25, 0.3) is 0 Å². The molecule has 1 aromatic rings. The Kier molecular flexibility index (Phi) is 3.96. The molecule has 1 aromatic carbocycles. The van der Waals surface area contributed by atoms with Gasteiger partial charge in [-0.3, -0.25) is 0 Å². The molecule has 0 radical (unpaired) electrons. The average Bonchev–Trinajstić information content (AvgIpc) is 2.17. The molecule has 0 amide bonds. The average molecular weight is 224 g/mol. The van der Waals surface area contributed by atoms with Gasteiger partial charge in [-0.05, 0) is 17.7 Å². The van der Waals surface area contributed by atoms with Gasteiger partial charge in [0.2, 0.25) is 0 Å². The molecule has 0 heterocycles. The lowest BCUT2D eigenvalue weighted by atomic mass is 10.0. The largest absolute Gasteiger partial charge is 0.378 e. The Morgan fingerprint density at radius 3 is 2.67 bits per heavy atom. The van der Waals surface area contributed by atoms with E-state index in [1.807, 2.05) is 43.3 Å². The van der Waals surface area contributed by atoms with Crippen LogP contribution in [0.1, 0.15) is 18.0 Å². The highest BCUT2D eigenvalue weighted by molar-refractivity contribution is 6.31. The second-order valence-electron chi connectivity index (χ2n) is 3.57. The number of nitriles is 1. The van der Waals surface area contributed by atoms with Gasteiger partial charge in [0.1, 0.15) is 0 Å². The van der Waals surface area contributed by atoms with Crippen LogP contribution in [0, 0.1) is 11.3 Å². The van der Waals surface area contributed by atoms with Crippen LogP contribution in [-0.4, -0.2) is 14.1 Å². The Morgan fingerprint density at radius 2 is 2.20 bits per heavy atom. The van der Waals surface area contributed by atoms with E-state index in [0.717, 1.165) is 11.3 Å². The summed E-state index contributed by atoms with van der Waals surface area (Å²) < 4.78 is 0. The van der Waals surface area contributed by atoms with Crippen LogP contribution >= 0.6 is 11.6 Å². The molecule has 80 valence electrons. The minimum absolute atomic E-state index is 0.279. The lowest BCUT2D eigenvalue weighted by Gasteiger charge is -2.16. The van der Waals surface area contributed by atoms with E-state index >= 15 is 0 Å². The van der Waals surface area contributed by atoms with Crippen molar-refractivity contribution in [1.82, 2.24) is 0 Å². The lowest BCUT2D eigenvalue weighted by Crippen LogP contribution is -2.12. The van der Waals surface area contributed by atoms with Gasteiger partial charge in [-0.2, -0.15) is 5.26 Å². The molecule has 0 aliphatic heterocycles. The molecule has 0 spiro atoms. The van der Waals surface area contributed by atoms with Crippen LogP contribution in [0.15, 0.2) is 18.2 Å². The monoisotopic (exact) mass is 223 g/mol. The second-order valence-corrected chi connectivity index (χ2v) is 3.98. The van der Waals surface area contributed by atoms with E-state index in [9.17, 15) is 0 Å². The molecule has 0 unspecified atom stereocenters. The number of nitrogens with zero attached hydrogens (tertiary/aromatic N) is 2. The van der Waals surface area contributed by atoms with Crippen molar-refractivity contribution in [2.75, 3.05) is 19.0 Å². The lowest BCUT2D eigenvalue weighted by molar-refractivity contribution is 0.749. The third-order valence-electron chi connectivity index (χ3n) is 2.21. The van der Waals surface area contributed by atoms with Gasteiger partial charge in [0, 0.05) is 30.8 Å². The smallest absolute Gasteiger partial charge is 0.0641 e. The van der Waals surface area contributed by atoms with Crippen molar-refractivity contribution in [1.29, 1.82) is 5.26 Å². The Hall–Kier alpha value is -1.24. The molecule has 0 aromatic heterocycles. The van der Waals surface area contributed by atoms with Gasteiger partial charge in [0.05, 0.1) is 12.5 Å². The molecule has 0 saturated carbocycles. The summed E-state index contributed by atoms with van der Waals surface area (Å²) >= 11 is 6.09. The first-order chi connectivity index (χ1) is 7.06. The molecule has 0 saturated heterocycles. The topological polar surface area (TPSA) is 53.0 Å². The minimum Gasteiger partial charge on any atom is -0.378 e. The normalized spacial score (nSPS) is 11.9. The zero-order chi connectivity index (χ0) is 11.4. The summed E-state index contributed by atoms with van der Waals surface area (Å²) in [6.45, 7) is 0. The SMILES string of the molecule is CN(C)c1ccc([C@H](N)CC#N)c(Cl)c1. The van der Waals surface area contributed by atoms with Crippen molar-refractivity contribution in [2.45, 2.75) is 12.5 Å². The van der Waals surface area contributed by atoms with Crippen LogP contribution in [0.3, 0.4) is 0 Å². The standard InChI is InChI=1S/C11H14ClN3/c1-15(2)8-3-4-9(10(12)7-8)11(14)5-6-13/h3-4,7,11H,5,14H2,1-2H3/t11-/m1/s1. The van der Waals surface area contributed by atoms with Gasteiger partial charge in [0.15, 0.2) is 0 Å². The first-order valence-electron chi connectivity index (χ1n) is 4.65. The fraction of sp³-hybridized carbons (Fsp3) is 0.364. The Bertz CT molecular complexity index is 382. The fourth-order valence-corrected chi connectivity index (χ4v) is 1.62. The van der Waals surface area contributed by atoms with E-state index in [1.165, 1.54) is 0 Å². The second kappa shape index (κ2) is 5.01. The molecule has 0 aliphatic rings. The van der Waals surface area contributed by atoms with Crippen molar-refractivity contribution in [2.24, 2.45) is 5.73 Å². The van der Waals surface area contributed by atoms with Crippen molar-refractivity contribution < 1.29 is 0 Å². The van der Waals surface area contributed by atoms with Gasteiger partial charge in [-0.1, -0.05) is 17.7 Å². The molecule has 1 atom stereocenters. The molecular formula is C11H14ClN3. The Labute approximate surface area is 95.1 Å². The number of rotatable bonds is 3. The summed E-state index contributed by atoms with van der Waals surface area (Å²) in [5.74, 6) is 0. The van der Waals surface area contributed by atoms with Gasteiger partial charge in [-0.25, -0.2) is 0 Å². The Balaban J connectivity index is 2.98. The van der Waals surface area contributed by atoms with Gasteiger partial charge >= 0.3 is 0 Å².